The first kappa shape index (κ1) is 38.9. The second kappa shape index (κ2) is 20.7. The van der Waals surface area contributed by atoms with Gasteiger partial charge in [-0.3, -0.25) is 0 Å². The lowest BCUT2D eigenvalue weighted by Crippen LogP contribution is -2.58. The number of halogens is 1. The Morgan fingerprint density at radius 3 is 2.00 bits per heavy atom. The van der Waals surface area contributed by atoms with E-state index in [0.29, 0.717) is 52.7 Å². The average Bonchev–Trinajstić information content (AvgIpc) is 3.48. The van der Waals surface area contributed by atoms with Crippen LogP contribution in [0.25, 0.3) is 0 Å². The van der Waals surface area contributed by atoms with Gasteiger partial charge < -0.3 is 33.2 Å². The molecule has 0 N–H and O–H groups in total. The van der Waals surface area contributed by atoms with Crippen molar-refractivity contribution in [2.24, 2.45) is 0 Å². The summed E-state index contributed by atoms with van der Waals surface area (Å²) in [4.78, 5) is 0. The Morgan fingerprint density at radius 2 is 1.38 bits per heavy atom. The first-order valence-electron chi connectivity index (χ1n) is 18.7. The molecule has 0 bridgehead atoms. The van der Waals surface area contributed by atoms with Crippen molar-refractivity contribution >= 4 is 11.6 Å². The first-order chi connectivity index (χ1) is 23.5. The topological polar surface area (TPSA) is 64.6 Å². The molecule has 2 aliphatic heterocycles. The minimum Gasteiger partial charge on any atom is -0.494 e. The third-order valence-corrected chi connectivity index (χ3v) is 9.69. The van der Waals surface area contributed by atoms with Crippen LogP contribution < -0.4 is 9.47 Å². The van der Waals surface area contributed by atoms with Crippen molar-refractivity contribution in [2.45, 2.75) is 136 Å². The fraction of sp³-hybridized carbons (Fsp3) is 0.700. The summed E-state index contributed by atoms with van der Waals surface area (Å²) >= 11 is 7.22. The molecule has 4 rings (SSSR count). The molecule has 0 radical (unpaired) electrons. The van der Waals surface area contributed by atoms with Crippen LogP contribution in [0.5, 0.6) is 11.5 Å². The third kappa shape index (κ3) is 10.3. The number of rotatable bonds is 22. The van der Waals surface area contributed by atoms with E-state index in [4.69, 9.17) is 44.8 Å². The van der Waals surface area contributed by atoms with Gasteiger partial charge in [0.25, 0.3) is 0 Å². The van der Waals surface area contributed by atoms with Gasteiger partial charge in [0.1, 0.15) is 42.0 Å². The van der Waals surface area contributed by atoms with Crippen LogP contribution in [0.4, 0.5) is 0 Å². The van der Waals surface area contributed by atoms with E-state index in [0.717, 1.165) is 90.1 Å². The third-order valence-electron chi connectivity index (χ3n) is 9.24. The zero-order valence-corrected chi connectivity index (χ0v) is 31.2. The Labute approximate surface area is 295 Å². The second-order valence-corrected chi connectivity index (χ2v) is 13.6. The zero-order valence-electron chi connectivity index (χ0n) is 30.4. The Balaban J connectivity index is 1.79. The Morgan fingerprint density at radius 1 is 0.771 bits per heavy atom. The molecule has 270 valence electrons. The highest BCUT2D eigenvalue weighted by atomic mass is 35.5. The Bertz CT molecular complexity index is 1210. The first-order valence-corrected chi connectivity index (χ1v) is 19.1. The Hall–Kier alpha value is -1.87. The van der Waals surface area contributed by atoms with Crippen LogP contribution in [0.2, 0.25) is 5.02 Å². The van der Waals surface area contributed by atoms with E-state index < -0.39 is 12.2 Å². The summed E-state index contributed by atoms with van der Waals surface area (Å²) in [5.74, 6) is 1.84. The van der Waals surface area contributed by atoms with Crippen molar-refractivity contribution in [1.82, 2.24) is 0 Å². The highest BCUT2D eigenvalue weighted by molar-refractivity contribution is 6.32. The molecule has 8 heteroatoms. The lowest BCUT2D eigenvalue weighted by atomic mass is 9.86. The molecule has 2 heterocycles. The van der Waals surface area contributed by atoms with Crippen molar-refractivity contribution in [3.8, 4) is 11.5 Å². The zero-order chi connectivity index (χ0) is 34.3. The molecule has 2 aliphatic rings. The second-order valence-electron chi connectivity index (χ2n) is 13.2. The molecule has 7 nitrogen and oxygen atoms in total. The van der Waals surface area contributed by atoms with E-state index in [1.165, 1.54) is 0 Å². The van der Waals surface area contributed by atoms with Crippen LogP contribution in [0.3, 0.4) is 0 Å². The van der Waals surface area contributed by atoms with Gasteiger partial charge in [-0.15, -0.1) is 0 Å². The van der Waals surface area contributed by atoms with Crippen LogP contribution in [0.15, 0.2) is 30.3 Å². The predicted molar refractivity (Wildman–Crippen MR) is 193 cm³/mol. The normalized spacial score (nSPS) is 23.6. The molecule has 48 heavy (non-hydrogen) atoms. The van der Waals surface area contributed by atoms with Gasteiger partial charge in [-0.1, -0.05) is 84.0 Å². The molecule has 1 fully saturated rings. The standard InChI is InChI=1S/C40H61ClO7/c1-7-12-20-42-27-33-38(44-21-13-8-2)40(46-23-15-10-4)39(45-22-14-9-3)37(48-33)32-25-30(35(41)34-28(6)26-47-36(32)34)24-29-16-18-31(19-17-29)43-11-5/h16-19,25,28,33,37-40H,7-15,20-24,26-27H2,1-6H3/t28?,33-,37?,38-,39+,40+/m1/s1. The molecular weight excluding hydrogens is 628 g/mol. The van der Waals surface area contributed by atoms with Gasteiger partial charge in [0, 0.05) is 43.5 Å². The van der Waals surface area contributed by atoms with E-state index in [-0.39, 0.29) is 24.2 Å². The molecule has 0 saturated carbocycles. The van der Waals surface area contributed by atoms with Crippen molar-refractivity contribution in [3.05, 3.63) is 57.6 Å². The fourth-order valence-corrected chi connectivity index (χ4v) is 6.87. The summed E-state index contributed by atoms with van der Waals surface area (Å²) in [6.45, 7) is 17.1. The van der Waals surface area contributed by atoms with E-state index >= 15 is 0 Å². The van der Waals surface area contributed by atoms with Crippen LogP contribution in [-0.2, 0) is 30.1 Å². The minimum absolute atomic E-state index is 0.157. The number of fused-ring (bicyclic) bond motifs is 1. The lowest BCUT2D eigenvalue weighted by molar-refractivity contribution is -0.268. The molecule has 0 aliphatic carbocycles. The van der Waals surface area contributed by atoms with Gasteiger partial charge in [0.2, 0.25) is 0 Å². The van der Waals surface area contributed by atoms with Crippen molar-refractivity contribution in [2.75, 3.05) is 46.2 Å². The number of benzene rings is 2. The SMILES string of the molecule is CCCCOC[C@H]1OC(c2cc(Cc3ccc(OCC)cc3)c(Cl)c3c2OCC3C)[C@H](OCCCC)[C@@H](OCCCC)[C@@H]1OCCCC. The van der Waals surface area contributed by atoms with Crippen molar-refractivity contribution < 1.29 is 33.2 Å². The summed E-state index contributed by atoms with van der Waals surface area (Å²) in [5.41, 5.74) is 4.22. The fourth-order valence-electron chi connectivity index (χ4n) is 6.48. The summed E-state index contributed by atoms with van der Waals surface area (Å²) in [5, 5.41) is 0.767. The number of ether oxygens (including phenoxy) is 7. The van der Waals surface area contributed by atoms with Gasteiger partial charge in [0.15, 0.2) is 0 Å². The van der Waals surface area contributed by atoms with Gasteiger partial charge in [-0.05, 0) is 68.4 Å². The Kier molecular flexibility index (Phi) is 16.8. The highest BCUT2D eigenvalue weighted by Gasteiger charge is 2.50. The molecule has 1 saturated heterocycles. The summed E-state index contributed by atoms with van der Waals surface area (Å²) in [6, 6.07) is 10.5. The maximum atomic E-state index is 7.22. The minimum atomic E-state index is -0.449. The molecule has 0 spiro atoms. The molecule has 2 aromatic carbocycles. The van der Waals surface area contributed by atoms with Crippen molar-refractivity contribution in [3.63, 3.8) is 0 Å². The number of hydrogen-bond donors (Lipinski definition) is 0. The van der Waals surface area contributed by atoms with Crippen LogP contribution in [0.1, 0.15) is 127 Å². The van der Waals surface area contributed by atoms with E-state index in [1.54, 1.807) is 0 Å². The molecule has 0 amide bonds. The summed E-state index contributed by atoms with van der Waals surface area (Å²) in [6.07, 6.45) is 6.94. The maximum Gasteiger partial charge on any atom is 0.130 e. The molecule has 6 atom stereocenters. The summed E-state index contributed by atoms with van der Waals surface area (Å²) < 4.78 is 45.7. The van der Waals surface area contributed by atoms with Crippen LogP contribution >= 0.6 is 11.6 Å². The largest absolute Gasteiger partial charge is 0.494 e. The molecule has 2 unspecified atom stereocenters. The monoisotopic (exact) mass is 688 g/mol. The van der Waals surface area contributed by atoms with Gasteiger partial charge in [-0.25, -0.2) is 0 Å². The molecule has 0 aromatic heterocycles. The van der Waals surface area contributed by atoms with Gasteiger partial charge in [0.05, 0.1) is 24.8 Å². The van der Waals surface area contributed by atoms with E-state index in [1.807, 2.05) is 19.1 Å². The smallest absolute Gasteiger partial charge is 0.130 e. The lowest BCUT2D eigenvalue weighted by Gasteiger charge is -2.46. The van der Waals surface area contributed by atoms with Gasteiger partial charge in [-0.2, -0.15) is 0 Å². The maximum absolute atomic E-state index is 7.22. The van der Waals surface area contributed by atoms with E-state index in [9.17, 15) is 0 Å². The molecular formula is C40H61ClO7. The van der Waals surface area contributed by atoms with E-state index in [2.05, 4.69) is 52.8 Å². The van der Waals surface area contributed by atoms with Crippen molar-refractivity contribution in [1.29, 1.82) is 0 Å². The highest BCUT2D eigenvalue weighted by Crippen LogP contribution is 2.49. The average molecular weight is 689 g/mol. The molecule has 2 aromatic rings. The predicted octanol–water partition coefficient (Wildman–Crippen LogP) is 9.64. The number of unbranched alkanes of at least 4 members (excludes halogenated alkanes) is 4. The summed E-state index contributed by atoms with van der Waals surface area (Å²) in [7, 11) is 0. The van der Waals surface area contributed by atoms with Crippen LogP contribution in [0, 0.1) is 0 Å². The van der Waals surface area contributed by atoms with Gasteiger partial charge >= 0.3 is 0 Å². The quantitative estimate of drug-likeness (QED) is 0.114. The van der Waals surface area contributed by atoms with Crippen LogP contribution in [-0.4, -0.2) is 70.7 Å². The number of hydrogen-bond acceptors (Lipinski definition) is 7.